The number of nitriles is 1. The third-order valence-electron chi connectivity index (χ3n) is 3.37. The van der Waals surface area contributed by atoms with Gasteiger partial charge in [0.05, 0.1) is 11.8 Å². The molecule has 0 aromatic carbocycles. The Balaban J connectivity index is 2.16. The number of piperidine rings is 1. The van der Waals surface area contributed by atoms with E-state index in [9.17, 15) is 10.1 Å². The number of rotatable bonds is 1. The molecule has 0 saturated carbocycles. The number of nitrogens with one attached hydrogen (secondary N) is 1. The van der Waals surface area contributed by atoms with Crippen molar-refractivity contribution in [2.24, 2.45) is 0 Å². The zero-order chi connectivity index (χ0) is 14.8. The molecule has 1 aromatic heterocycles. The minimum atomic E-state index is -0.717. The fourth-order valence-electron chi connectivity index (χ4n) is 2.43. The van der Waals surface area contributed by atoms with Crippen molar-refractivity contribution in [2.45, 2.75) is 44.6 Å². The zero-order valence-electron chi connectivity index (χ0n) is 12.1. The molecule has 1 amide bonds. The zero-order valence-corrected chi connectivity index (χ0v) is 12.1. The maximum atomic E-state index is 12.2. The molecular formula is C14H20N4O2. The number of carbonyl (C=O) groups is 1. The first-order valence-corrected chi connectivity index (χ1v) is 6.75. The third-order valence-corrected chi connectivity index (χ3v) is 3.37. The Hall–Kier alpha value is -2.03. The molecule has 1 atom stereocenters. The summed E-state index contributed by atoms with van der Waals surface area (Å²) in [5.74, 6) is 0. The van der Waals surface area contributed by atoms with Gasteiger partial charge in [-0.15, -0.1) is 0 Å². The van der Waals surface area contributed by atoms with Gasteiger partial charge in [0.15, 0.2) is 0 Å². The average molecular weight is 276 g/mol. The second-order valence-electron chi connectivity index (χ2n) is 6.17. The molecule has 1 N–H and O–H groups in total. The van der Waals surface area contributed by atoms with Crippen LogP contribution in [0, 0.1) is 11.3 Å². The number of aromatic amines is 1. The smallest absolute Gasteiger partial charge is 0.410 e. The van der Waals surface area contributed by atoms with Crippen molar-refractivity contribution < 1.29 is 9.53 Å². The molecule has 1 aliphatic rings. The lowest BCUT2D eigenvalue weighted by Crippen LogP contribution is -2.49. The van der Waals surface area contributed by atoms with E-state index in [0.29, 0.717) is 19.5 Å². The van der Waals surface area contributed by atoms with E-state index < -0.39 is 11.0 Å². The molecule has 1 saturated heterocycles. The van der Waals surface area contributed by atoms with Gasteiger partial charge in [-0.2, -0.15) is 10.4 Å². The topological polar surface area (TPSA) is 82.0 Å². The highest BCUT2D eigenvalue weighted by molar-refractivity contribution is 5.68. The first-order chi connectivity index (χ1) is 9.36. The third kappa shape index (κ3) is 2.93. The average Bonchev–Trinajstić information content (AvgIpc) is 2.91. The summed E-state index contributed by atoms with van der Waals surface area (Å²) < 4.78 is 5.38. The Labute approximate surface area is 118 Å². The van der Waals surface area contributed by atoms with Crippen LogP contribution in [-0.2, 0) is 10.2 Å². The molecule has 2 heterocycles. The first kappa shape index (κ1) is 14.4. The van der Waals surface area contributed by atoms with E-state index in [2.05, 4.69) is 16.3 Å². The lowest BCUT2D eigenvalue weighted by molar-refractivity contribution is 0.0166. The maximum Gasteiger partial charge on any atom is 0.410 e. The predicted octanol–water partition coefficient (Wildman–Crippen LogP) is 2.20. The van der Waals surface area contributed by atoms with E-state index in [0.717, 1.165) is 12.1 Å². The van der Waals surface area contributed by atoms with Gasteiger partial charge in [0.2, 0.25) is 0 Å². The molecule has 2 rings (SSSR count). The van der Waals surface area contributed by atoms with Gasteiger partial charge in [0, 0.05) is 19.3 Å². The van der Waals surface area contributed by atoms with Gasteiger partial charge in [0.25, 0.3) is 0 Å². The monoisotopic (exact) mass is 276 g/mol. The summed E-state index contributed by atoms with van der Waals surface area (Å²) in [5.41, 5.74) is -0.489. The summed E-state index contributed by atoms with van der Waals surface area (Å²) in [7, 11) is 0. The number of aromatic nitrogens is 2. The van der Waals surface area contributed by atoms with Crippen LogP contribution in [0.4, 0.5) is 4.79 Å². The highest BCUT2D eigenvalue weighted by Crippen LogP contribution is 2.32. The molecule has 0 bridgehead atoms. The second kappa shape index (κ2) is 5.16. The van der Waals surface area contributed by atoms with E-state index in [1.54, 1.807) is 17.2 Å². The van der Waals surface area contributed by atoms with Gasteiger partial charge < -0.3 is 9.64 Å². The normalized spacial score (nSPS) is 23.2. The standard InChI is InChI=1S/C14H20N4O2/c1-13(2,3)20-12(19)18-8-4-6-14(9-15,10-18)11-5-7-16-17-11/h5,7H,4,6,8,10H2,1-3H3,(H,16,17). The minimum absolute atomic E-state index is 0.334. The molecule has 0 radical (unpaired) electrons. The van der Waals surface area contributed by atoms with Crippen LogP contribution in [0.2, 0.25) is 0 Å². The van der Waals surface area contributed by atoms with Crippen LogP contribution in [0.15, 0.2) is 12.3 Å². The molecule has 1 aromatic rings. The fourth-order valence-corrected chi connectivity index (χ4v) is 2.43. The van der Waals surface area contributed by atoms with E-state index in [1.807, 2.05) is 20.8 Å². The molecule has 20 heavy (non-hydrogen) atoms. The van der Waals surface area contributed by atoms with Gasteiger partial charge in [0.1, 0.15) is 11.0 Å². The Morgan fingerprint density at radius 1 is 1.60 bits per heavy atom. The number of carbonyl (C=O) groups excluding carboxylic acids is 1. The molecule has 6 heteroatoms. The Morgan fingerprint density at radius 2 is 2.35 bits per heavy atom. The quantitative estimate of drug-likeness (QED) is 0.852. The molecule has 1 unspecified atom stereocenters. The summed E-state index contributed by atoms with van der Waals surface area (Å²) in [6, 6.07) is 4.14. The van der Waals surface area contributed by atoms with Crippen molar-refractivity contribution in [3.05, 3.63) is 18.0 Å². The fraction of sp³-hybridized carbons (Fsp3) is 0.643. The van der Waals surface area contributed by atoms with Crippen LogP contribution in [0.3, 0.4) is 0 Å². The van der Waals surface area contributed by atoms with Crippen LogP contribution in [0.1, 0.15) is 39.3 Å². The van der Waals surface area contributed by atoms with Crippen LogP contribution >= 0.6 is 0 Å². The summed E-state index contributed by atoms with van der Waals surface area (Å²) in [4.78, 5) is 13.8. The van der Waals surface area contributed by atoms with Crippen molar-refractivity contribution >= 4 is 6.09 Å². The van der Waals surface area contributed by atoms with Gasteiger partial charge in [-0.25, -0.2) is 4.79 Å². The predicted molar refractivity (Wildman–Crippen MR) is 72.9 cm³/mol. The van der Waals surface area contributed by atoms with Crippen molar-refractivity contribution in [1.82, 2.24) is 15.1 Å². The van der Waals surface area contributed by atoms with Crippen LogP contribution in [0.25, 0.3) is 0 Å². The van der Waals surface area contributed by atoms with Crippen LogP contribution < -0.4 is 0 Å². The lowest BCUT2D eigenvalue weighted by atomic mass is 9.78. The molecule has 108 valence electrons. The van der Waals surface area contributed by atoms with Crippen molar-refractivity contribution in [2.75, 3.05) is 13.1 Å². The van der Waals surface area contributed by atoms with Crippen molar-refractivity contribution in [1.29, 1.82) is 5.26 Å². The van der Waals surface area contributed by atoms with E-state index in [-0.39, 0.29) is 6.09 Å². The molecule has 1 fully saturated rings. The maximum absolute atomic E-state index is 12.2. The Kier molecular flexibility index (Phi) is 3.71. The number of ether oxygens (including phenoxy) is 1. The van der Waals surface area contributed by atoms with Gasteiger partial charge >= 0.3 is 6.09 Å². The second-order valence-corrected chi connectivity index (χ2v) is 6.17. The molecule has 0 aliphatic carbocycles. The number of hydrogen-bond acceptors (Lipinski definition) is 4. The Morgan fingerprint density at radius 3 is 2.90 bits per heavy atom. The molecule has 0 spiro atoms. The SMILES string of the molecule is CC(C)(C)OC(=O)N1CCCC(C#N)(c2ccn[nH]2)C1. The van der Waals surface area contributed by atoms with Crippen molar-refractivity contribution in [3.63, 3.8) is 0 Å². The summed E-state index contributed by atoms with van der Waals surface area (Å²) in [5, 5.41) is 16.3. The summed E-state index contributed by atoms with van der Waals surface area (Å²) in [6.45, 7) is 6.46. The van der Waals surface area contributed by atoms with E-state index in [1.165, 1.54) is 0 Å². The first-order valence-electron chi connectivity index (χ1n) is 6.75. The van der Waals surface area contributed by atoms with Gasteiger partial charge in [-0.3, -0.25) is 5.10 Å². The van der Waals surface area contributed by atoms with Gasteiger partial charge in [-0.1, -0.05) is 0 Å². The van der Waals surface area contributed by atoms with Crippen LogP contribution in [0.5, 0.6) is 0 Å². The van der Waals surface area contributed by atoms with E-state index in [4.69, 9.17) is 4.74 Å². The molecule has 1 aliphatic heterocycles. The number of H-pyrrole nitrogens is 1. The summed E-state index contributed by atoms with van der Waals surface area (Å²) >= 11 is 0. The minimum Gasteiger partial charge on any atom is -0.444 e. The number of hydrogen-bond donors (Lipinski definition) is 1. The number of nitrogens with zero attached hydrogens (tertiary/aromatic N) is 3. The largest absolute Gasteiger partial charge is 0.444 e. The molecular weight excluding hydrogens is 256 g/mol. The number of likely N-dealkylation sites (tertiary alicyclic amines) is 1. The number of amides is 1. The lowest BCUT2D eigenvalue weighted by Gasteiger charge is -2.38. The Bertz CT molecular complexity index is 512. The highest BCUT2D eigenvalue weighted by atomic mass is 16.6. The molecule has 6 nitrogen and oxygen atoms in total. The summed E-state index contributed by atoms with van der Waals surface area (Å²) in [6.07, 6.45) is 2.74. The van der Waals surface area contributed by atoms with Crippen molar-refractivity contribution in [3.8, 4) is 6.07 Å². The van der Waals surface area contributed by atoms with Gasteiger partial charge in [-0.05, 0) is 39.7 Å². The van der Waals surface area contributed by atoms with Crippen LogP contribution in [-0.4, -0.2) is 39.9 Å². The highest BCUT2D eigenvalue weighted by Gasteiger charge is 2.41. The van der Waals surface area contributed by atoms with E-state index >= 15 is 0 Å².